The normalized spacial score (nSPS) is 10.7. The fourth-order valence-corrected chi connectivity index (χ4v) is 4.62. The third kappa shape index (κ3) is 15.4. The number of rotatable bonds is 3. The van der Waals surface area contributed by atoms with Gasteiger partial charge in [0.1, 0.15) is 22.2 Å². The van der Waals surface area contributed by atoms with Crippen molar-refractivity contribution in [3.63, 3.8) is 0 Å². The van der Waals surface area contributed by atoms with Gasteiger partial charge in [0, 0.05) is 30.5 Å². The molecular weight excluding hydrogens is 705 g/mol. The van der Waals surface area contributed by atoms with Crippen molar-refractivity contribution in [3.8, 4) is 0 Å². The van der Waals surface area contributed by atoms with Crippen molar-refractivity contribution in [1.29, 1.82) is 0 Å². The van der Waals surface area contributed by atoms with Crippen molar-refractivity contribution in [2.24, 2.45) is 7.05 Å². The van der Waals surface area contributed by atoms with Crippen molar-refractivity contribution in [3.05, 3.63) is 127 Å². The first-order chi connectivity index (χ1) is 22.8. The van der Waals surface area contributed by atoms with E-state index in [2.05, 4.69) is 20.1 Å². The van der Waals surface area contributed by atoms with E-state index in [1.54, 1.807) is 65.3 Å². The molecule has 0 aliphatic carbocycles. The molecule has 16 heteroatoms. The molecule has 5 nitrogen and oxygen atoms in total. The number of benzene rings is 1. The molecule has 5 aromatic rings. The van der Waals surface area contributed by atoms with Crippen LogP contribution in [0.4, 0.5) is 39.5 Å². The van der Waals surface area contributed by atoms with Crippen molar-refractivity contribution in [1.82, 2.24) is 24.7 Å². The molecular formula is C33H35ClF9N5S. The van der Waals surface area contributed by atoms with Crippen LogP contribution in [0.25, 0.3) is 0 Å². The van der Waals surface area contributed by atoms with Crippen LogP contribution in [-0.4, -0.2) is 24.7 Å². The SMILES string of the molecule is Cc1ccccc1C(F)(F)F.Cc1cccnc1C(F)F.Cc1cccnc1Cl.Cc1cn(C)nc1C(F)F.Cc1nc(C(F)F)c(C)s1. The Morgan fingerprint density at radius 1 is 0.653 bits per heavy atom. The molecule has 0 saturated heterocycles. The molecule has 268 valence electrons. The maximum Gasteiger partial charge on any atom is 0.416 e. The van der Waals surface area contributed by atoms with Crippen molar-refractivity contribution >= 4 is 22.9 Å². The fourth-order valence-electron chi connectivity index (χ4n) is 3.67. The lowest BCUT2D eigenvalue weighted by Gasteiger charge is -2.08. The fraction of sp³-hybridized carbons (Fsp3) is 0.333. The standard InChI is InChI=1S/C8H7F3.C7H7F2N.C6H6ClN.C6H8F2N2.C6H7F2NS/c1-6-4-2-3-5-7(6)8(9,10)11;1-5-3-2-4-10-6(5)7(8)9;1-5-3-2-4-8-6(5)7;1-4-3-10(2)9-5(4)6(7)8;1-3-5(6(7)8)9-4(2)10-3/h2-5H,1H3;2-4,7H,1H3;2-4H,1H3;3,6H,1-2H3;6H,1-2H3. The van der Waals surface area contributed by atoms with Crippen molar-refractivity contribution in [2.45, 2.75) is 67.0 Å². The van der Waals surface area contributed by atoms with Gasteiger partial charge < -0.3 is 0 Å². The molecule has 1 aromatic carbocycles. The van der Waals surface area contributed by atoms with E-state index in [1.807, 2.05) is 19.1 Å². The van der Waals surface area contributed by atoms with E-state index >= 15 is 0 Å². The number of pyridine rings is 2. The topological polar surface area (TPSA) is 56.5 Å². The minimum atomic E-state index is -4.22. The Labute approximate surface area is 287 Å². The molecule has 0 saturated carbocycles. The second-order valence-electron chi connectivity index (χ2n) is 10.1. The number of halogens is 10. The van der Waals surface area contributed by atoms with Crippen molar-refractivity contribution in [2.75, 3.05) is 0 Å². The Hall–Kier alpha value is -3.98. The Kier molecular flexibility index (Phi) is 18.0. The Morgan fingerprint density at radius 2 is 1.16 bits per heavy atom. The minimum absolute atomic E-state index is 0.0671. The molecule has 0 radical (unpaired) electrons. The molecule has 0 aliphatic rings. The zero-order valence-corrected chi connectivity index (χ0v) is 29.1. The molecule has 0 amide bonds. The molecule has 5 rings (SSSR count). The minimum Gasteiger partial charge on any atom is -0.275 e. The summed E-state index contributed by atoms with van der Waals surface area (Å²) in [6.07, 6.45) is -6.94. The largest absolute Gasteiger partial charge is 0.416 e. The van der Waals surface area contributed by atoms with Crippen LogP contribution in [0.5, 0.6) is 0 Å². The summed E-state index contributed by atoms with van der Waals surface area (Å²) in [6, 6.07) is 12.5. The van der Waals surface area contributed by atoms with Gasteiger partial charge in [-0.25, -0.2) is 36.3 Å². The van der Waals surface area contributed by atoms with E-state index in [1.165, 1.54) is 41.3 Å². The molecule has 0 atom stereocenters. The number of hydrogen-bond acceptors (Lipinski definition) is 5. The second-order valence-corrected chi connectivity index (χ2v) is 11.8. The average molecular weight is 740 g/mol. The summed E-state index contributed by atoms with van der Waals surface area (Å²) in [5.41, 5.74) is 1.50. The first-order valence-electron chi connectivity index (χ1n) is 14.2. The van der Waals surface area contributed by atoms with E-state index in [-0.39, 0.29) is 22.6 Å². The third-order valence-electron chi connectivity index (χ3n) is 6.06. The summed E-state index contributed by atoms with van der Waals surface area (Å²) in [7, 11) is 1.62. The van der Waals surface area contributed by atoms with Gasteiger partial charge in [-0.1, -0.05) is 41.9 Å². The van der Waals surface area contributed by atoms with E-state index < -0.39 is 31.0 Å². The van der Waals surface area contributed by atoms with Gasteiger partial charge in [0.25, 0.3) is 19.3 Å². The Balaban J connectivity index is 0.000000307. The van der Waals surface area contributed by atoms with Crippen LogP contribution in [0.1, 0.15) is 74.1 Å². The molecule has 0 spiro atoms. The Morgan fingerprint density at radius 3 is 1.45 bits per heavy atom. The highest BCUT2D eigenvalue weighted by atomic mass is 35.5. The van der Waals surface area contributed by atoms with Crippen molar-refractivity contribution < 1.29 is 39.5 Å². The maximum absolute atomic E-state index is 12.0. The summed E-state index contributed by atoms with van der Waals surface area (Å²) in [6.45, 7) is 10.00. The molecule has 0 bridgehead atoms. The predicted octanol–water partition coefficient (Wildman–Crippen LogP) is 11.7. The van der Waals surface area contributed by atoms with Gasteiger partial charge in [-0.05, 0) is 82.0 Å². The van der Waals surface area contributed by atoms with Gasteiger partial charge in [-0.3, -0.25) is 9.67 Å². The lowest BCUT2D eigenvalue weighted by Crippen LogP contribution is -2.06. The summed E-state index contributed by atoms with van der Waals surface area (Å²) in [5.74, 6) is 0. The zero-order chi connectivity index (χ0) is 37.5. The number of thiazole rings is 1. The lowest BCUT2D eigenvalue weighted by atomic mass is 10.1. The van der Waals surface area contributed by atoms with E-state index in [4.69, 9.17) is 11.6 Å². The number of alkyl halides is 9. The number of aryl methyl sites for hydroxylation is 7. The summed E-state index contributed by atoms with van der Waals surface area (Å²) >= 11 is 6.90. The van der Waals surface area contributed by atoms with Gasteiger partial charge in [0.05, 0.1) is 10.6 Å². The molecule has 0 N–H and O–H groups in total. The number of hydrogen-bond donors (Lipinski definition) is 0. The zero-order valence-electron chi connectivity index (χ0n) is 27.5. The molecule has 0 fully saturated rings. The monoisotopic (exact) mass is 739 g/mol. The van der Waals surface area contributed by atoms with Crippen LogP contribution in [0.3, 0.4) is 0 Å². The van der Waals surface area contributed by atoms with E-state index in [0.717, 1.165) is 11.6 Å². The smallest absolute Gasteiger partial charge is 0.275 e. The lowest BCUT2D eigenvalue weighted by molar-refractivity contribution is -0.138. The second kappa shape index (κ2) is 20.5. The first-order valence-corrected chi connectivity index (χ1v) is 15.4. The van der Waals surface area contributed by atoms with E-state index in [9.17, 15) is 39.5 Å². The van der Waals surface area contributed by atoms with Crippen LogP contribution >= 0.6 is 22.9 Å². The van der Waals surface area contributed by atoms with Crippen LogP contribution < -0.4 is 0 Å². The Bertz CT molecular complexity index is 1630. The quantitative estimate of drug-likeness (QED) is 0.137. The number of aromatic nitrogens is 5. The molecule has 4 heterocycles. The average Bonchev–Trinajstić information content (AvgIpc) is 3.54. The predicted molar refractivity (Wildman–Crippen MR) is 174 cm³/mol. The maximum atomic E-state index is 12.0. The van der Waals surface area contributed by atoms with E-state index in [0.29, 0.717) is 26.2 Å². The van der Waals surface area contributed by atoms with Crippen LogP contribution in [0, 0.1) is 41.5 Å². The summed E-state index contributed by atoms with van der Waals surface area (Å²) in [5, 5.41) is 4.87. The molecule has 0 aliphatic heterocycles. The third-order valence-corrected chi connectivity index (χ3v) is 7.35. The van der Waals surface area contributed by atoms with Gasteiger partial charge in [-0.15, -0.1) is 11.3 Å². The highest BCUT2D eigenvalue weighted by Crippen LogP contribution is 2.31. The summed E-state index contributed by atoms with van der Waals surface area (Å²) < 4.78 is 109. The first kappa shape index (κ1) is 43.0. The molecule has 4 aromatic heterocycles. The highest BCUT2D eigenvalue weighted by molar-refractivity contribution is 7.11. The highest BCUT2D eigenvalue weighted by Gasteiger charge is 2.31. The van der Waals surface area contributed by atoms with Gasteiger partial charge in [0.15, 0.2) is 0 Å². The van der Waals surface area contributed by atoms with Gasteiger partial charge in [-0.2, -0.15) is 18.3 Å². The molecule has 0 unspecified atom stereocenters. The van der Waals surface area contributed by atoms with Gasteiger partial charge >= 0.3 is 6.18 Å². The van der Waals surface area contributed by atoms with Crippen LogP contribution in [-0.2, 0) is 13.2 Å². The number of nitrogens with zero attached hydrogens (tertiary/aromatic N) is 5. The van der Waals surface area contributed by atoms with Crippen LogP contribution in [0.15, 0.2) is 67.1 Å². The van der Waals surface area contributed by atoms with Gasteiger partial charge in [0.2, 0.25) is 0 Å². The summed E-state index contributed by atoms with van der Waals surface area (Å²) in [4.78, 5) is 11.7. The molecule has 49 heavy (non-hydrogen) atoms. The van der Waals surface area contributed by atoms with Crippen LogP contribution in [0.2, 0.25) is 5.15 Å².